The van der Waals surface area contributed by atoms with Crippen molar-refractivity contribution >= 4 is 42.2 Å². The second-order valence-electron chi connectivity index (χ2n) is 2.61. The lowest BCUT2D eigenvalue weighted by Crippen LogP contribution is -1.96. The summed E-state index contributed by atoms with van der Waals surface area (Å²) in [4.78, 5) is 18.6. The summed E-state index contributed by atoms with van der Waals surface area (Å²) in [6.45, 7) is 0. The molecule has 0 fully saturated rings. The summed E-state index contributed by atoms with van der Waals surface area (Å²) in [6.07, 6.45) is 3.93. The summed E-state index contributed by atoms with van der Waals surface area (Å²) < 4.78 is 8.59. The molecular weight excluding hydrogens is 284 g/mol. The fraction of sp³-hybridized carbons (Fsp3) is 0.100. The van der Waals surface area contributed by atoms with E-state index in [4.69, 9.17) is 37.6 Å². The first-order chi connectivity index (χ1) is 8.11. The second kappa shape index (κ2) is 10.4. The molecule has 4 nitrogen and oxygen atoms in total. The molecule has 0 radical (unpaired) electrons. The van der Waals surface area contributed by atoms with Gasteiger partial charge in [0, 0.05) is 11.5 Å². The lowest BCUT2D eigenvalue weighted by atomic mass is 10.2. The van der Waals surface area contributed by atoms with Gasteiger partial charge in [-0.05, 0) is 16.0 Å². The average Bonchev–Trinajstić information content (AvgIpc) is 2.29. The van der Waals surface area contributed by atoms with E-state index in [0.717, 1.165) is 0 Å². The highest BCUT2D eigenvalue weighted by atomic mass is 35.5. The number of hydrogen-bond acceptors (Lipinski definition) is 2. The molecular formula is C10H11Cl2NO3P+. The molecule has 0 amide bonds. The summed E-state index contributed by atoms with van der Waals surface area (Å²) in [5.41, 5.74) is 0. The van der Waals surface area contributed by atoms with Crippen molar-refractivity contribution in [3.05, 3.63) is 42.7 Å². The average molecular weight is 295 g/mol. The summed E-state index contributed by atoms with van der Waals surface area (Å²) in [5, 5.41) is 2.73. The smallest absolute Gasteiger partial charge is 0.485 e. The number of halogens is 2. The van der Waals surface area contributed by atoms with Crippen LogP contribution in [0.4, 0.5) is 0 Å². The molecule has 0 spiro atoms. The maximum atomic E-state index is 8.59. The van der Waals surface area contributed by atoms with E-state index in [1.54, 1.807) is 0 Å². The van der Waals surface area contributed by atoms with E-state index in [-0.39, 0.29) is 5.34 Å². The van der Waals surface area contributed by atoms with Crippen LogP contribution < -0.4 is 9.88 Å². The molecule has 1 aromatic heterocycles. The first kappa shape index (κ1) is 16.2. The largest absolute Gasteiger partial charge is 0.567 e. The molecule has 17 heavy (non-hydrogen) atoms. The van der Waals surface area contributed by atoms with Crippen molar-refractivity contribution in [2.45, 2.75) is 0 Å². The number of nitrogens with one attached hydrogen (secondary N) is 1. The van der Waals surface area contributed by atoms with E-state index in [9.17, 15) is 0 Å². The van der Waals surface area contributed by atoms with Gasteiger partial charge in [0.2, 0.25) is 0 Å². The van der Waals surface area contributed by atoms with Crippen LogP contribution in [-0.2, 0) is 4.57 Å². The molecule has 7 heteroatoms. The number of benzene rings is 1. The Bertz CT molecular complexity index is 387. The van der Waals surface area contributed by atoms with Crippen LogP contribution in [0.25, 0.3) is 10.8 Å². The molecule has 0 saturated heterocycles. The van der Waals surface area contributed by atoms with Crippen molar-refractivity contribution in [1.82, 2.24) is 0 Å². The zero-order valence-corrected chi connectivity index (χ0v) is 11.1. The normalized spacial score (nSPS) is 9.53. The number of aromatic nitrogens is 1. The number of rotatable bonds is 0. The molecule has 1 atom stereocenters. The monoisotopic (exact) mass is 294 g/mol. The molecule has 0 aliphatic heterocycles. The lowest BCUT2D eigenvalue weighted by Gasteiger charge is -1.88. The van der Waals surface area contributed by atoms with Gasteiger partial charge in [-0.1, -0.05) is 18.2 Å². The second-order valence-corrected chi connectivity index (χ2v) is 3.90. The van der Waals surface area contributed by atoms with Gasteiger partial charge in [-0.25, -0.2) is 4.98 Å². The third-order valence-electron chi connectivity index (χ3n) is 1.59. The SMILES string of the molecule is ClCCl.O=[P+]([O-])O.c1ccc2c[nH+]ccc2c1. The van der Waals surface area contributed by atoms with E-state index in [1.165, 1.54) is 10.8 Å². The molecule has 0 aliphatic rings. The molecule has 1 unspecified atom stereocenters. The van der Waals surface area contributed by atoms with Crippen LogP contribution in [0.3, 0.4) is 0 Å². The third kappa shape index (κ3) is 8.98. The predicted molar refractivity (Wildman–Crippen MR) is 66.9 cm³/mol. The molecule has 1 aromatic carbocycles. The number of H-pyrrole nitrogens is 1. The van der Waals surface area contributed by atoms with Gasteiger partial charge in [0.15, 0.2) is 12.4 Å². The van der Waals surface area contributed by atoms with Gasteiger partial charge in [-0.3, -0.25) is 0 Å². The number of fused-ring (bicyclic) bond motifs is 1. The third-order valence-corrected chi connectivity index (χ3v) is 1.59. The van der Waals surface area contributed by atoms with Crippen molar-refractivity contribution in [3.8, 4) is 0 Å². The molecule has 0 saturated carbocycles. The number of aromatic amines is 1. The maximum absolute atomic E-state index is 8.59. The van der Waals surface area contributed by atoms with E-state index >= 15 is 0 Å². The number of pyridine rings is 1. The van der Waals surface area contributed by atoms with Crippen molar-refractivity contribution in [3.63, 3.8) is 0 Å². The topological polar surface area (TPSA) is 74.5 Å². The van der Waals surface area contributed by atoms with Crippen LogP contribution in [0.5, 0.6) is 0 Å². The standard InChI is InChI=1S/C9H7N.CH2Cl2.HO3P/c1-2-4-9-7-10-6-5-8(9)3-1;2-1-3;1-4(2)3/h1-7H;1H2;(H,1,2,3)/p+1. The Hall–Kier alpha value is -0.770. The van der Waals surface area contributed by atoms with Gasteiger partial charge < -0.3 is 4.89 Å². The number of alkyl halides is 2. The van der Waals surface area contributed by atoms with Crippen LogP contribution in [-0.4, -0.2) is 10.2 Å². The highest BCUT2D eigenvalue weighted by molar-refractivity contribution is 7.29. The minimum atomic E-state index is -3.12. The zero-order valence-electron chi connectivity index (χ0n) is 8.72. The highest BCUT2D eigenvalue weighted by Gasteiger charge is 1.90. The van der Waals surface area contributed by atoms with E-state index in [0.29, 0.717) is 0 Å². The molecule has 0 aliphatic carbocycles. The minimum absolute atomic E-state index is 0.194. The van der Waals surface area contributed by atoms with Gasteiger partial charge in [-0.2, -0.15) is 4.89 Å². The maximum Gasteiger partial charge on any atom is 0.485 e. The Morgan fingerprint density at radius 2 is 1.71 bits per heavy atom. The Labute approximate surface area is 110 Å². The van der Waals surface area contributed by atoms with Crippen LogP contribution in [0.2, 0.25) is 0 Å². The van der Waals surface area contributed by atoms with Crippen molar-refractivity contribution in [1.29, 1.82) is 0 Å². The van der Waals surface area contributed by atoms with Crippen molar-refractivity contribution in [2.75, 3.05) is 5.34 Å². The molecule has 2 N–H and O–H groups in total. The number of hydrogen-bond donors (Lipinski definition) is 1. The Morgan fingerprint density at radius 3 is 2.18 bits per heavy atom. The van der Waals surface area contributed by atoms with Crippen LogP contribution in [0.15, 0.2) is 42.7 Å². The molecule has 0 bridgehead atoms. The van der Waals surface area contributed by atoms with E-state index in [2.05, 4.69) is 23.2 Å². The van der Waals surface area contributed by atoms with Crippen LogP contribution in [0.1, 0.15) is 0 Å². The van der Waals surface area contributed by atoms with Gasteiger partial charge in [-0.15, -0.1) is 23.2 Å². The van der Waals surface area contributed by atoms with E-state index < -0.39 is 8.25 Å². The quantitative estimate of drug-likeness (QED) is 0.597. The molecule has 2 rings (SSSR count). The van der Waals surface area contributed by atoms with Crippen molar-refractivity contribution < 1.29 is 19.3 Å². The molecule has 1 heterocycles. The summed E-state index contributed by atoms with van der Waals surface area (Å²) in [7, 11) is -3.12. The Balaban J connectivity index is 0.000000311. The molecule has 92 valence electrons. The minimum Gasteiger partial charge on any atom is -0.567 e. The fourth-order valence-corrected chi connectivity index (χ4v) is 1.07. The summed E-state index contributed by atoms with van der Waals surface area (Å²) >= 11 is 9.53. The van der Waals surface area contributed by atoms with Gasteiger partial charge >= 0.3 is 8.25 Å². The van der Waals surface area contributed by atoms with Gasteiger partial charge in [0.05, 0.1) is 5.34 Å². The van der Waals surface area contributed by atoms with Crippen LogP contribution >= 0.6 is 31.5 Å². The molecule has 2 aromatic rings. The lowest BCUT2D eigenvalue weighted by molar-refractivity contribution is -0.375. The van der Waals surface area contributed by atoms with Gasteiger partial charge in [0.1, 0.15) is 0 Å². The first-order valence-electron chi connectivity index (χ1n) is 4.42. The Morgan fingerprint density at radius 1 is 1.24 bits per heavy atom. The predicted octanol–water partition coefficient (Wildman–Crippen LogP) is 2.07. The Kier molecular flexibility index (Phi) is 9.92. The van der Waals surface area contributed by atoms with Crippen LogP contribution in [0, 0.1) is 0 Å². The van der Waals surface area contributed by atoms with Crippen molar-refractivity contribution in [2.24, 2.45) is 0 Å². The highest BCUT2D eigenvalue weighted by Crippen LogP contribution is 2.08. The van der Waals surface area contributed by atoms with E-state index in [1.807, 2.05) is 24.5 Å². The zero-order chi connectivity index (χ0) is 13.1. The fourth-order valence-electron chi connectivity index (χ4n) is 1.07. The summed E-state index contributed by atoms with van der Waals surface area (Å²) in [6, 6.07) is 10.3. The summed E-state index contributed by atoms with van der Waals surface area (Å²) in [5.74, 6) is 0. The first-order valence-corrected chi connectivity index (χ1v) is 6.61. The van der Waals surface area contributed by atoms with Gasteiger partial charge in [0.25, 0.3) is 0 Å².